The van der Waals surface area contributed by atoms with Gasteiger partial charge in [-0.1, -0.05) is 22.9 Å². The first kappa shape index (κ1) is 29.3. The molecule has 0 spiro atoms. The molecular weight excluding hydrogens is 546 g/mol. The predicted octanol–water partition coefficient (Wildman–Crippen LogP) is 2.37. The average Bonchev–Trinajstić information content (AvgIpc) is 3.42. The molecule has 2 unspecified atom stereocenters. The van der Waals surface area contributed by atoms with Gasteiger partial charge in [-0.15, -0.1) is 11.3 Å². The van der Waals surface area contributed by atoms with Gasteiger partial charge in [0, 0.05) is 28.2 Å². The third kappa shape index (κ3) is 7.63. The number of esters is 1. The number of nitrogens with zero attached hydrogens (tertiary/aromatic N) is 2. The summed E-state index contributed by atoms with van der Waals surface area (Å²) < 4.78 is 30.1. The lowest BCUT2D eigenvalue weighted by Gasteiger charge is -2.33. The minimum absolute atomic E-state index is 0.0189. The molecule has 2 amide bonds. The van der Waals surface area contributed by atoms with Crippen molar-refractivity contribution in [3.63, 3.8) is 0 Å². The number of thiophene rings is 1. The van der Waals surface area contributed by atoms with Crippen LogP contribution in [0, 0.1) is 6.92 Å². The SMILES string of the molecule is CCOC(=O)C(CNC(=O)c1ccc(C(=O)Nc2ccc(C(N)=NO)cc2)s1)N(c1ccc(C)cc1)S(=O)[O-]. The van der Waals surface area contributed by atoms with E-state index < -0.39 is 35.1 Å². The van der Waals surface area contributed by atoms with Gasteiger partial charge in [-0.3, -0.25) is 18.1 Å². The number of amidine groups is 1. The van der Waals surface area contributed by atoms with Crippen LogP contribution in [0.25, 0.3) is 0 Å². The molecule has 3 aromatic rings. The molecule has 0 aliphatic carbocycles. The summed E-state index contributed by atoms with van der Waals surface area (Å²) in [5, 5.41) is 16.9. The number of carbonyl (C=O) groups excluding carboxylic acids is 3. The van der Waals surface area contributed by atoms with Gasteiger partial charge in [-0.2, -0.15) is 0 Å². The molecule has 2 aromatic carbocycles. The molecule has 0 aliphatic rings. The molecule has 39 heavy (non-hydrogen) atoms. The largest absolute Gasteiger partial charge is 0.755 e. The van der Waals surface area contributed by atoms with Crippen LogP contribution in [0.4, 0.5) is 11.4 Å². The number of carbonyl (C=O) groups is 3. The highest BCUT2D eigenvalue weighted by atomic mass is 32.2. The number of amides is 2. The van der Waals surface area contributed by atoms with E-state index in [0.29, 0.717) is 11.3 Å². The van der Waals surface area contributed by atoms with Crippen LogP contribution in [0.2, 0.25) is 0 Å². The Morgan fingerprint density at radius 3 is 2.26 bits per heavy atom. The Balaban J connectivity index is 1.70. The number of ether oxygens (including phenoxy) is 1. The number of nitrogens with two attached hydrogens (primary N) is 1. The fourth-order valence-corrected chi connectivity index (χ4v) is 4.88. The first-order valence-corrected chi connectivity index (χ1v) is 13.4. The first-order valence-electron chi connectivity index (χ1n) is 11.5. The van der Waals surface area contributed by atoms with Crippen molar-refractivity contribution in [3.05, 3.63) is 81.5 Å². The number of anilines is 2. The van der Waals surface area contributed by atoms with Crippen molar-refractivity contribution in [2.45, 2.75) is 19.9 Å². The zero-order valence-electron chi connectivity index (χ0n) is 21.0. The maximum absolute atomic E-state index is 12.8. The van der Waals surface area contributed by atoms with Gasteiger partial charge in [0.25, 0.3) is 11.8 Å². The van der Waals surface area contributed by atoms with Crippen molar-refractivity contribution in [3.8, 4) is 0 Å². The van der Waals surface area contributed by atoms with Gasteiger partial charge >= 0.3 is 5.97 Å². The quantitative estimate of drug-likeness (QED) is 0.0673. The first-order chi connectivity index (χ1) is 18.6. The molecule has 3 rings (SSSR count). The maximum Gasteiger partial charge on any atom is 0.331 e. The van der Waals surface area contributed by atoms with Crippen LogP contribution in [-0.4, -0.2) is 56.8 Å². The van der Waals surface area contributed by atoms with E-state index in [-0.39, 0.29) is 34.4 Å². The van der Waals surface area contributed by atoms with E-state index in [2.05, 4.69) is 15.8 Å². The summed E-state index contributed by atoms with van der Waals surface area (Å²) in [5.41, 5.74) is 7.57. The summed E-state index contributed by atoms with van der Waals surface area (Å²) in [6.45, 7) is 3.07. The van der Waals surface area contributed by atoms with Crippen molar-refractivity contribution in [2.24, 2.45) is 10.9 Å². The van der Waals surface area contributed by atoms with Crippen LogP contribution >= 0.6 is 11.3 Å². The molecule has 2 atom stereocenters. The van der Waals surface area contributed by atoms with E-state index in [0.717, 1.165) is 21.2 Å². The minimum Gasteiger partial charge on any atom is -0.755 e. The normalized spacial score (nSPS) is 12.7. The third-order valence-electron chi connectivity index (χ3n) is 5.35. The molecule has 0 bridgehead atoms. The zero-order valence-corrected chi connectivity index (χ0v) is 22.6. The van der Waals surface area contributed by atoms with Crippen LogP contribution in [-0.2, 0) is 20.8 Å². The lowest BCUT2D eigenvalue weighted by atomic mass is 10.2. The highest BCUT2D eigenvalue weighted by Gasteiger charge is 2.30. The molecule has 0 saturated heterocycles. The highest BCUT2D eigenvalue weighted by Crippen LogP contribution is 2.22. The molecule has 5 N–H and O–H groups in total. The minimum atomic E-state index is -2.85. The van der Waals surface area contributed by atoms with Gasteiger partial charge < -0.3 is 30.9 Å². The lowest BCUT2D eigenvalue weighted by molar-refractivity contribution is -0.144. The van der Waals surface area contributed by atoms with Crippen LogP contribution in [0.1, 0.15) is 37.4 Å². The van der Waals surface area contributed by atoms with E-state index >= 15 is 0 Å². The van der Waals surface area contributed by atoms with Gasteiger partial charge in [0.15, 0.2) is 11.9 Å². The molecular formula is C25H26N5O7S2-. The summed E-state index contributed by atoms with van der Waals surface area (Å²) in [4.78, 5) is 38.5. The summed E-state index contributed by atoms with van der Waals surface area (Å²) in [6.07, 6.45) is 0. The highest BCUT2D eigenvalue weighted by molar-refractivity contribution is 7.80. The number of hydrogen-bond acceptors (Lipinski definition) is 9. The second-order valence-electron chi connectivity index (χ2n) is 8.04. The third-order valence-corrected chi connectivity index (χ3v) is 7.22. The standard InChI is InChI=1S/C25H27N5O7S2/c1-3-37-25(33)19(30(39(35)36)18-10-4-15(2)5-11-18)14-27-23(31)20-12-13-21(38-20)24(32)28-17-8-6-16(7-9-17)22(26)29-34/h4-13,19,34H,3,14H2,1-2H3,(H2,26,29)(H,27,31)(H,28,32)(H,35,36)/p-1. The molecule has 0 fully saturated rings. The summed E-state index contributed by atoms with van der Waals surface area (Å²) in [7, 11) is 0. The number of rotatable bonds is 11. The van der Waals surface area contributed by atoms with E-state index in [4.69, 9.17) is 15.7 Å². The molecule has 0 aliphatic heterocycles. The predicted molar refractivity (Wildman–Crippen MR) is 147 cm³/mol. The molecule has 14 heteroatoms. The maximum atomic E-state index is 12.8. The van der Waals surface area contributed by atoms with Gasteiger partial charge in [0.05, 0.1) is 22.9 Å². The van der Waals surface area contributed by atoms with Crippen LogP contribution in [0.15, 0.2) is 65.8 Å². The topological polar surface area (TPSA) is 186 Å². The Morgan fingerprint density at radius 1 is 1.08 bits per heavy atom. The Labute approximate surface area is 230 Å². The number of benzene rings is 2. The lowest BCUT2D eigenvalue weighted by Crippen LogP contribution is -2.50. The van der Waals surface area contributed by atoms with Crippen LogP contribution in [0.3, 0.4) is 0 Å². The smallest absolute Gasteiger partial charge is 0.331 e. The van der Waals surface area contributed by atoms with Gasteiger partial charge in [-0.25, -0.2) is 4.79 Å². The Morgan fingerprint density at radius 2 is 1.69 bits per heavy atom. The van der Waals surface area contributed by atoms with E-state index in [1.807, 2.05) is 6.92 Å². The van der Waals surface area contributed by atoms with Crippen LogP contribution < -0.4 is 20.7 Å². The fraction of sp³-hybridized carbons (Fsp3) is 0.200. The number of hydrogen-bond donors (Lipinski definition) is 4. The van der Waals surface area contributed by atoms with E-state index in [1.54, 1.807) is 55.5 Å². The number of nitrogens with one attached hydrogen (secondary N) is 2. The number of aryl methyl sites for hydroxylation is 1. The summed E-state index contributed by atoms with van der Waals surface area (Å²) in [6, 6.07) is 14.3. The average molecular weight is 573 g/mol. The van der Waals surface area contributed by atoms with Gasteiger partial charge in [-0.05, 0) is 62.4 Å². The van der Waals surface area contributed by atoms with Gasteiger partial charge in [0.2, 0.25) is 0 Å². The summed E-state index contributed by atoms with van der Waals surface area (Å²) >= 11 is -1.93. The second-order valence-corrected chi connectivity index (χ2v) is 9.95. The van der Waals surface area contributed by atoms with E-state index in [1.165, 1.54) is 12.1 Å². The number of oxime groups is 1. The Kier molecular flexibility index (Phi) is 10.1. The van der Waals surface area contributed by atoms with Crippen molar-refractivity contribution in [1.29, 1.82) is 0 Å². The molecule has 1 heterocycles. The van der Waals surface area contributed by atoms with Crippen molar-refractivity contribution < 1.29 is 33.1 Å². The van der Waals surface area contributed by atoms with Crippen molar-refractivity contribution in [1.82, 2.24) is 5.32 Å². The van der Waals surface area contributed by atoms with Crippen molar-refractivity contribution in [2.75, 3.05) is 22.8 Å². The zero-order chi connectivity index (χ0) is 28.5. The molecule has 0 radical (unpaired) electrons. The molecule has 12 nitrogen and oxygen atoms in total. The molecule has 0 saturated carbocycles. The van der Waals surface area contributed by atoms with Crippen LogP contribution in [0.5, 0.6) is 0 Å². The monoisotopic (exact) mass is 572 g/mol. The molecule has 206 valence electrons. The Bertz CT molecular complexity index is 1370. The fourth-order valence-electron chi connectivity index (χ4n) is 3.40. The van der Waals surface area contributed by atoms with Crippen molar-refractivity contribution >= 4 is 57.6 Å². The Hall–Kier alpha value is -4.27. The summed E-state index contributed by atoms with van der Waals surface area (Å²) in [5.74, 6) is -1.97. The second kappa shape index (κ2) is 13.5. The van der Waals surface area contributed by atoms with E-state index in [9.17, 15) is 23.1 Å². The van der Waals surface area contributed by atoms with Gasteiger partial charge in [0.1, 0.15) is 0 Å². The molecule has 1 aromatic heterocycles.